The van der Waals surface area contributed by atoms with Crippen molar-refractivity contribution in [2.75, 3.05) is 13.2 Å². The molecule has 4 amide bonds. The van der Waals surface area contributed by atoms with Crippen molar-refractivity contribution < 1.29 is 47.4 Å². The molecule has 1 fully saturated rings. The zero-order valence-corrected chi connectivity index (χ0v) is 30.1. The summed E-state index contributed by atoms with van der Waals surface area (Å²) in [5.74, 6) is -3.77. The standard InChI is InChI=1S/C36H53FN4O9/c1-8-48-30(42)17-13-12-16-27(39-36(47)49-21-25-14-10-9-11-15-25)32(43)40-31(23(4)5)34(45)41-20-26(37)19-29(41)33(44)38-28(18-22(2)3)35(46)50-24(6)7/h9-11,13-15,17,22-24,26-29,31H,8,12,16,18-21H2,1-7H3,(H,38,44)(H,39,47)(H,40,43)/b17-13+/t26?,27-,28-,29-,31-/m0/s1. The number of nitrogens with one attached hydrogen (secondary N) is 3. The highest BCUT2D eigenvalue weighted by Gasteiger charge is 2.44. The first kappa shape index (κ1) is 41.7. The molecule has 3 N–H and O–H groups in total. The second kappa shape index (κ2) is 20.9. The van der Waals surface area contributed by atoms with Gasteiger partial charge in [-0.25, -0.2) is 18.8 Å². The van der Waals surface area contributed by atoms with Gasteiger partial charge in [0.1, 0.15) is 36.9 Å². The van der Waals surface area contributed by atoms with Gasteiger partial charge in [-0.3, -0.25) is 14.4 Å². The molecule has 13 nitrogen and oxygen atoms in total. The number of ether oxygens (including phenoxy) is 3. The zero-order valence-electron chi connectivity index (χ0n) is 30.1. The molecule has 2 rings (SSSR count). The fourth-order valence-electron chi connectivity index (χ4n) is 5.30. The lowest BCUT2D eigenvalue weighted by Gasteiger charge is -2.32. The van der Waals surface area contributed by atoms with E-state index in [1.807, 2.05) is 19.9 Å². The van der Waals surface area contributed by atoms with Crippen molar-refractivity contribution in [3.05, 3.63) is 48.0 Å². The van der Waals surface area contributed by atoms with Crippen LogP contribution in [0.3, 0.4) is 0 Å². The number of hydrogen-bond acceptors (Lipinski definition) is 9. The maximum Gasteiger partial charge on any atom is 0.408 e. The topological polar surface area (TPSA) is 169 Å². The van der Waals surface area contributed by atoms with Crippen LogP contribution in [0, 0.1) is 11.8 Å². The Bertz CT molecular complexity index is 1320. The second-order valence-corrected chi connectivity index (χ2v) is 13.2. The van der Waals surface area contributed by atoms with Gasteiger partial charge in [0.05, 0.1) is 19.3 Å². The summed E-state index contributed by atoms with van der Waals surface area (Å²) >= 11 is 0. The number of alkyl carbamates (subject to hydrolysis) is 1. The average Bonchev–Trinajstić information content (AvgIpc) is 3.45. The Balaban J connectivity index is 2.23. The van der Waals surface area contributed by atoms with E-state index >= 15 is 0 Å². The largest absolute Gasteiger partial charge is 0.463 e. The van der Waals surface area contributed by atoms with Crippen molar-refractivity contribution >= 4 is 35.8 Å². The lowest BCUT2D eigenvalue weighted by Crippen LogP contribution is -2.59. The van der Waals surface area contributed by atoms with Gasteiger partial charge in [-0.2, -0.15) is 0 Å². The third-order valence-electron chi connectivity index (χ3n) is 7.71. The molecule has 0 spiro atoms. The highest BCUT2D eigenvalue weighted by molar-refractivity contribution is 5.95. The van der Waals surface area contributed by atoms with E-state index in [4.69, 9.17) is 14.2 Å². The maximum absolute atomic E-state index is 14.8. The van der Waals surface area contributed by atoms with Crippen molar-refractivity contribution in [1.29, 1.82) is 0 Å². The summed E-state index contributed by atoms with van der Waals surface area (Å²) < 4.78 is 30.3. The van der Waals surface area contributed by atoms with Crippen molar-refractivity contribution in [2.24, 2.45) is 11.8 Å². The molecule has 1 heterocycles. The molecule has 1 aromatic carbocycles. The van der Waals surface area contributed by atoms with Crippen LogP contribution >= 0.6 is 0 Å². The van der Waals surface area contributed by atoms with E-state index in [1.54, 1.807) is 58.9 Å². The number of rotatable bonds is 18. The van der Waals surface area contributed by atoms with Crippen LogP contribution in [0.4, 0.5) is 9.18 Å². The van der Waals surface area contributed by atoms with Crippen molar-refractivity contribution in [3.8, 4) is 0 Å². The number of hydrogen-bond donors (Lipinski definition) is 3. The van der Waals surface area contributed by atoms with Gasteiger partial charge in [0.15, 0.2) is 0 Å². The molecular formula is C36H53FN4O9. The van der Waals surface area contributed by atoms with Crippen LogP contribution in [0.15, 0.2) is 42.5 Å². The van der Waals surface area contributed by atoms with Gasteiger partial charge in [0.25, 0.3) is 0 Å². The Morgan fingerprint density at radius 2 is 1.62 bits per heavy atom. The first-order valence-corrected chi connectivity index (χ1v) is 17.2. The highest BCUT2D eigenvalue weighted by Crippen LogP contribution is 2.24. The summed E-state index contributed by atoms with van der Waals surface area (Å²) in [5.41, 5.74) is 0.731. The van der Waals surface area contributed by atoms with E-state index in [0.29, 0.717) is 0 Å². The van der Waals surface area contributed by atoms with E-state index in [-0.39, 0.29) is 51.4 Å². The van der Waals surface area contributed by atoms with Crippen molar-refractivity contribution in [2.45, 2.75) is 117 Å². The monoisotopic (exact) mass is 704 g/mol. The Labute approximate surface area is 294 Å². The molecule has 0 aromatic heterocycles. The minimum absolute atomic E-state index is 0.0219. The van der Waals surface area contributed by atoms with Crippen LogP contribution < -0.4 is 16.0 Å². The molecule has 1 aliphatic rings. The quantitative estimate of drug-likeness (QED) is 0.117. The lowest BCUT2D eigenvalue weighted by atomic mass is 10.0. The smallest absolute Gasteiger partial charge is 0.408 e. The average molecular weight is 705 g/mol. The normalized spacial score (nSPS) is 17.7. The molecule has 1 aliphatic heterocycles. The zero-order chi connectivity index (χ0) is 37.4. The number of likely N-dealkylation sites (tertiary alicyclic amines) is 1. The lowest BCUT2D eigenvalue weighted by molar-refractivity contribution is -0.152. The van der Waals surface area contributed by atoms with Crippen LogP contribution in [-0.2, 0) is 44.8 Å². The number of benzene rings is 1. The maximum atomic E-state index is 14.8. The summed E-state index contributed by atoms with van der Waals surface area (Å²) in [5, 5.41) is 7.87. The minimum Gasteiger partial charge on any atom is -0.463 e. The molecule has 0 bridgehead atoms. The van der Waals surface area contributed by atoms with Gasteiger partial charge in [-0.05, 0) is 57.4 Å². The van der Waals surface area contributed by atoms with Crippen LogP contribution in [0.25, 0.3) is 0 Å². The first-order chi connectivity index (χ1) is 23.6. The van der Waals surface area contributed by atoms with Gasteiger partial charge in [-0.1, -0.05) is 64.1 Å². The Kier molecular flexibility index (Phi) is 17.4. The predicted molar refractivity (Wildman–Crippen MR) is 183 cm³/mol. The molecule has 14 heteroatoms. The fraction of sp³-hybridized carbons (Fsp3) is 0.611. The van der Waals surface area contributed by atoms with Gasteiger partial charge in [0.2, 0.25) is 17.7 Å². The Morgan fingerprint density at radius 1 is 0.940 bits per heavy atom. The van der Waals surface area contributed by atoms with Gasteiger partial charge in [-0.15, -0.1) is 0 Å². The molecule has 0 radical (unpaired) electrons. The molecule has 0 saturated carbocycles. The third kappa shape index (κ3) is 14.2. The number of carbonyl (C=O) groups excluding carboxylic acids is 6. The Morgan fingerprint density at radius 3 is 2.22 bits per heavy atom. The van der Waals surface area contributed by atoms with Crippen LogP contribution in [0.1, 0.15) is 79.7 Å². The summed E-state index contributed by atoms with van der Waals surface area (Å²) in [4.78, 5) is 79.3. The van der Waals surface area contributed by atoms with E-state index in [1.165, 1.54) is 12.2 Å². The van der Waals surface area contributed by atoms with E-state index in [9.17, 15) is 33.2 Å². The van der Waals surface area contributed by atoms with E-state index in [0.717, 1.165) is 10.5 Å². The Hall–Kier alpha value is -4.49. The molecule has 1 aromatic rings. The molecule has 1 unspecified atom stereocenters. The fourth-order valence-corrected chi connectivity index (χ4v) is 5.30. The molecule has 1 saturated heterocycles. The third-order valence-corrected chi connectivity index (χ3v) is 7.71. The number of allylic oxidation sites excluding steroid dienone is 1. The van der Waals surface area contributed by atoms with Crippen LogP contribution in [-0.4, -0.2) is 90.2 Å². The summed E-state index contributed by atoms with van der Waals surface area (Å²) in [6.45, 7) is 11.9. The minimum atomic E-state index is -1.51. The first-order valence-electron chi connectivity index (χ1n) is 17.2. The number of carbonyl (C=O) groups is 6. The molecule has 5 atom stereocenters. The highest BCUT2D eigenvalue weighted by atomic mass is 19.1. The van der Waals surface area contributed by atoms with Gasteiger partial charge in [0, 0.05) is 12.5 Å². The van der Waals surface area contributed by atoms with Crippen molar-refractivity contribution in [3.63, 3.8) is 0 Å². The van der Waals surface area contributed by atoms with Crippen LogP contribution in [0.5, 0.6) is 0 Å². The van der Waals surface area contributed by atoms with Gasteiger partial charge >= 0.3 is 18.0 Å². The van der Waals surface area contributed by atoms with E-state index < -0.39 is 78.1 Å². The van der Waals surface area contributed by atoms with Crippen molar-refractivity contribution in [1.82, 2.24) is 20.9 Å². The van der Waals surface area contributed by atoms with Crippen LogP contribution in [0.2, 0.25) is 0 Å². The van der Waals surface area contributed by atoms with Gasteiger partial charge < -0.3 is 35.1 Å². The SMILES string of the molecule is CCOC(=O)/C=C/CC[C@H](NC(=O)OCc1ccccc1)C(=O)N[C@H](C(=O)N1CC(F)C[C@H]1C(=O)N[C@@H](CC(C)C)C(=O)OC(C)C)C(C)C. The second-order valence-electron chi connectivity index (χ2n) is 13.2. The number of alkyl halides is 1. The summed E-state index contributed by atoms with van der Waals surface area (Å²) in [6, 6.07) is 4.33. The summed E-state index contributed by atoms with van der Waals surface area (Å²) in [6.07, 6.45) is 0.126. The number of nitrogens with zero attached hydrogens (tertiary/aromatic N) is 1. The number of halogens is 1. The molecule has 50 heavy (non-hydrogen) atoms. The number of esters is 2. The molecular weight excluding hydrogens is 651 g/mol. The predicted octanol–water partition coefficient (Wildman–Crippen LogP) is 3.74. The molecule has 278 valence electrons. The summed E-state index contributed by atoms with van der Waals surface area (Å²) in [7, 11) is 0. The number of amides is 4. The van der Waals surface area contributed by atoms with E-state index in [2.05, 4.69) is 16.0 Å². The molecule has 0 aliphatic carbocycles.